The fourth-order valence-electron chi connectivity index (χ4n) is 1.68. The van der Waals surface area contributed by atoms with Crippen molar-refractivity contribution in [2.45, 2.75) is 33.0 Å². The molecule has 0 aliphatic heterocycles. The van der Waals surface area contributed by atoms with Crippen LogP contribution in [0.5, 0.6) is 0 Å². The van der Waals surface area contributed by atoms with Crippen LogP contribution in [0.4, 0.5) is 0 Å². The van der Waals surface area contributed by atoms with Crippen molar-refractivity contribution in [1.29, 1.82) is 0 Å². The average Bonchev–Trinajstić information content (AvgIpc) is 2.96. The topological polar surface area (TPSA) is 29.9 Å². The number of imidazole rings is 1. The third-order valence-electron chi connectivity index (χ3n) is 2.70. The van der Waals surface area contributed by atoms with E-state index in [0.29, 0.717) is 6.04 Å². The molecular weight excluding hydrogens is 218 g/mol. The van der Waals surface area contributed by atoms with Gasteiger partial charge in [-0.3, -0.25) is 0 Å². The van der Waals surface area contributed by atoms with Crippen molar-refractivity contribution in [1.82, 2.24) is 14.9 Å². The van der Waals surface area contributed by atoms with Crippen LogP contribution in [0.3, 0.4) is 0 Å². The van der Waals surface area contributed by atoms with Gasteiger partial charge in [-0.15, -0.1) is 11.3 Å². The maximum Gasteiger partial charge on any atom is 0.0948 e. The third-order valence-corrected chi connectivity index (χ3v) is 3.75. The third kappa shape index (κ3) is 2.51. The molecule has 16 heavy (non-hydrogen) atoms. The molecule has 1 atom stereocenters. The lowest BCUT2D eigenvalue weighted by Crippen LogP contribution is -2.19. The molecule has 2 aromatic heterocycles. The van der Waals surface area contributed by atoms with Crippen molar-refractivity contribution in [3.63, 3.8) is 0 Å². The summed E-state index contributed by atoms with van der Waals surface area (Å²) in [5.41, 5.74) is 1.24. The van der Waals surface area contributed by atoms with Crippen LogP contribution in [-0.4, -0.2) is 9.55 Å². The molecule has 3 nitrogen and oxygen atoms in total. The molecule has 2 heterocycles. The van der Waals surface area contributed by atoms with Gasteiger partial charge >= 0.3 is 0 Å². The standard InChI is InChI=1S/C12H17N3S/c1-3-15-9-13-7-11(15)8-14-10(2)12-5-4-6-16-12/h4-7,9-10,14H,3,8H2,1-2H3/t10-/m0/s1. The SMILES string of the molecule is CCn1cncc1CN[C@@H](C)c1cccs1. The lowest BCUT2D eigenvalue weighted by atomic mass is 10.2. The predicted octanol–water partition coefficient (Wildman–Crippen LogP) is 2.82. The summed E-state index contributed by atoms with van der Waals surface area (Å²) in [5.74, 6) is 0. The highest BCUT2D eigenvalue weighted by Crippen LogP contribution is 2.18. The molecule has 0 saturated carbocycles. The van der Waals surface area contributed by atoms with E-state index < -0.39 is 0 Å². The largest absolute Gasteiger partial charge is 0.334 e. The summed E-state index contributed by atoms with van der Waals surface area (Å²) in [5, 5.41) is 5.63. The number of nitrogens with zero attached hydrogens (tertiary/aromatic N) is 2. The van der Waals surface area contributed by atoms with E-state index in [4.69, 9.17) is 0 Å². The lowest BCUT2D eigenvalue weighted by molar-refractivity contribution is 0.556. The van der Waals surface area contributed by atoms with Gasteiger partial charge in [0.15, 0.2) is 0 Å². The minimum Gasteiger partial charge on any atom is -0.334 e. The van der Waals surface area contributed by atoms with Gasteiger partial charge in [0.2, 0.25) is 0 Å². The molecule has 0 saturated heterocycles. The number of thiophene rings is 1. The molecule has 0 amide bonds. The Labute approximate surface area is 100 Å². The number of nitrogens with one attached hydrogen (secondary N) is 1. The van der Waals surface area contributed by atoms with E-state index in [1.165, 1.54) is 10.6 Å². The lowest BCUT2D eigenvalue weighted by Gasteiger charge is -2.12. The van der Waals surface area contributed by atoms with Gasteiger partial charge in [-0.25, -0.2) is 4.98 Å². The minimum absolute atomic E-state index is 0.403. The number of hydrogen-bond acceptors (Lipinski definition) is 3. The Morgan fingerprint density at radius 1 is 1.56 bits per heavy atom. The van der Waals surface area contributed by atoms with Gasteiger partial charge in [-0.1, -0.05) is 6.07 Å². The maximum absolute atomic E-state index is 4.16. The highest BCUT2D eigenvalue weighted by molar-refractivity contribution is 7.10. The summed E-state index contributed by atoms with van der Waals surface area (Å²) >= 11 is 1.79. The molecule has 0 bridgehead atoms. The zero-order chi connectivity index (χ0) is 11.4. The zero-order valence-electron chi connectivity index (χ0n) is 9.68. The van der Waals surface area contributed by atoms with Crippen LogP contribution in [0.2, 0.25) is 0 Å². The molecule has 2 rings (SSSR count). The quantitative estimate of drug-likeness (QED) is 0.863. The van der Waals surface area contributed by atoms with Crippen LogP contribution in [0, 0.1) is 0 Å². The molecule has 4 heteroatoms. The van der Waals surface area contributed by atoms with Gasteiger partial charge in [0.05, 0.1) is 12.0 Å². The van der Waals surface area contributed by atoms with Crippen molar-refractivity contribution in [3.05, 3.63) is 40.6 Å². The van der Waals surface area contributed by atoms with Crippen molar-refractivity contribution < 1.29 is 0 Å². The molecule has 0 spiro atoms. The van der Waals surface area contributed by atoms with Crippen LogP contribution in [0.25, 0.3) is 0 Å². The van der Waals surface area contributed by atoms with Gasteiger partial charge < -0.3 is 9.88 Å². The van der Waals surface area contributed by atoms with Gasteiger partial charge in [0, 0.05) is 30.2 Å². The molecule has 0 radical (unpaired) electrons. The van der Waals surface area contributed by atoms with Gasteiger partial charge in [-0.2, -0.15) is 0 Å². The Bertz CT molecular complexity index is 419. The number of hydrogen-bond donors (Lipinski definition) is 1. The molecule has 1 N–H and O–H groups in total. The van der Waals surface area contributed by atoms with Crippen LogP contribution in [0.1, 0.15) is 30.5 Å². The van der Waals surface area contributed by atoms with Crippen LogP contribution in [0.15, 0.2) is 30.0 Å². The molecule has 0 aromatic carbocycles. The van der Waals surface area contributed by atoms with Crippen molar-refractivity contribution in [3.8, 4) is 0 Å². The highest BCUT2D eigenvalue weighted by atomic mass is 32.1. The molecule has 0 aliphatic rings. The first-order chi connectivity index (χ1) is 7.81. The molecule has 2 aromatic rings. The Kier molecular flexibility index (Phi) is 3.74. The first kappa shape index (κ1) is 11.4. The van der Waals surface area contributed by atoms with Crippen molar-refractivity contribution in [2.24, 2.45) is 0 Å². The van der Waals surface area contributed by atoms with E-state index in [-0.39, 0.29) is 0 Å². The van der Waals surface area contributed by atoms with E-state index in [1.54, 1.807) is 11.3 Å². The number of aromatic nitrogens is 2. The smallest absolute Gasteiger partial charge is 0.0948 e. The average molecular weight is 235 g/mol. The summed E-state index contributed by atoms with van der Waals surface area (Å²) in [7, 11) is 0. The summed E-state index contributed by atoms with van der Waals surface area (Å²) in [6.45, 7) is 6.17. The van der Waals surface area contributed by atoms with Gasteiger partial charge in [-0.05, 0) is 25.3 Å². The predicted molar refractivity (Wildman–Crippen MR) is 67.5 cm³/mol. The minimum atomic E-state index is 0.403. The number of aryl methyl sites for hydroxylation is 1. The second kappa shape index (κ2) is 5.27. The first-order valence-electron chi connectivity index (χ1n) is 5.57. The molecular formula is C12H17N3S. The van der Waals surface area contributed by atoms with Gasteiger partial charge in [0.25, 0.3) is 0 Å². The zero-order valence-corrected chi connectivity index (χ0v) is 10.5. The van der Waals surface area contributed by atoms with Crippen LogP contribution >= 0.6 is 11.3 Å². The Morgan fingerprint density at radius 2 is 2.44 bits per heavy atom. The van der Waals surface area contributed by atoms with Crippen LogP contribution in [-0.2, 0) is 13.1 Å². The van der Waals surface area contributed by atoms with E-state index >= 15 is 0 Å². The molecule has 0 fully saturated rings. The Balaban J connectivity index is 1.92. The monoisotopic (exact) mass is 235 g/mol. The highest BCUT2D eigenvalue weighted by Gasteiger charge is 2.07. The van der Waals surface area contributed by atoms with Crippen molar-refractivity contribution >= 4 is 11.3 Å². The molecule has 0 aliphatic carbocycles. The summed E-state index contributed by atoms with van der Waals surface area (Å²) in [4.78, 5) is 5.54. The summed E-state index contributed by atoms with van der Waals surface area (Å²) in [6.07, 6.45) is 3.81. The van der Waals surface area contributed by atoms with Crippen molar-refractivity contribution in [2.75, 3.05) is 0 Å². The first-order valence-corrected chi connectivity index (χ1v) is 6.45. The fourth-order valence-corrected chi connectivity index (χ4v) is 2.43. The van der Waals surface area contributed by atoms with E-state index in [9.17, 15) is 0 Å². The molecule has 86 valence electrons. The van der Waals surface area contributed by atoms with E-state index in [2.05, 4.69) is 46.2 Å². The second-order valence-corrected chi connectivity index (χ2v) is 4.77. The molecule has 0 unspecified atom stereocenters. The fraction of sp³-hybridized carbons (Fsp3) is 0.417. The summed E-state index contributed by atoms with van der Waals surface area (Å²) in [6, 6.07) is 4.66. The van der Waals surface area contributed by atoms with Crippen LogP contribution < -0.4 is 5.32 Å². The summed E-state index contributed by atoms with van der Waals surface area (Å²) < 4.78 is 2.16. The maximum atomic E-state index is 4.16. The Morgan fingerprint density at radius 3 is 3.12 bits per heavy atom. The van der Waals surface area contributed by atoms with Gasteiger partial charge in [0.1, 0.15) is 0 Å². The normalized spacial score (nSPS) is 12.9. The van der Waals surface area contributed by atoms with E-state index in [1.807, 2.05) is 12.5 Å². The second-order valence-electron chi connectivity index (χ2n) is 3.79. The van der Waals surface area contributed by atoms with E-state index in [0.717, 1.165) is 13.1 Å². The number of rotatable bonds is 5. The Hall–Kier alpha value is -1.13.